The average Bonchev–Trinajstić information content (AvgIpc) is 2.66. The number of ether oxygens (including phenoxy) is 1. The van der Waals surface area contributed by atoms with Crippen LogP contribution in [0.15, 0.2) is 24.3 Å². The molecule has 0 heterocycles. The van der Waals surface area contributed by atoms with Crippen LogP contribution in [-0.2, 0) is 4.79 Å². The summed E-state index contributed by atoms with van der Waals surface area (Å²) in [5, 5.41) is 11.7. The summed E-state index contributed by atoms with van der Waals surface area (Å²) in [5.74, 6) is 1.14. The van der Waals surface area contributed by atoms with Gasteiger partial charge in [-0.1, -0.05) is 56.7 Å². The molecule has 2 N–H and O–H groups in total. The summed E-state index contributed by atoms with van der Waals surface area (Å²) in [7, 11) is 0. The smallest absolute Gasteiger partial charge is 0.304 e. The van der Waals surface area contributed by atoms with Crippen LogP contribution in [0.5, 0.6) is 5.75 Å². The first-order valence-corrected chi connectivity index (χ1v) is 10.5. The summed E-state index contributed by atoms with van der Waals surface area (Å²) >= 11 is 0. The van der Waals surface area contributed by atoms with Gasteiger partial charge in [0, 0.05) is 13.1 Å². The maximum Gasteiger partial charge on any atom is 0.304 e. The standard InChI is InChI=1S/C23H35NO3/c1-19-18-22(27-17-6-5-10-20-8-3-2-4-9-20)13-12-21(19)11-7-15-24-16-14-23(25)26/h7,11-13,18,20,24H,2-6,8-10,14-17H2,1H3,(H,25,26). The highest BCUT2D eigenvalue weighted by atomic mass is 16.5. The van der Waals surface area contributed by atoms with Crippen molar-refractivity contribution in [1.82, 2.24) is 5.32 Å². The normalized spacial score (nSPS) is 15.3. The van der Waals surface area contributed by atoms with Crippen LogP contribution < -0.4 is 10.1 Å². The van der Waals surface area contributed by atoms with E-state index in [1.54, 1.807) is 0 Å². The Labute approximate surface area is 164 Å². The number of rotatable bonds is 12. The largest absolute Gasteiger partial charge is 0.494 e. The monoisotopic (exact) mass is 373 g/mol. The van der Waals surface area contributed by atoms with Gasteiger partial charge in [0.25, 0.3) is 0 Å². The highest BCUT2D eigenvalue weighted by molar-refractivity contribution is 5.66. The lowest BCUT2D eigenvalue weighted by molar-refractivity contribution is -0.136. The molecule has 1 aliphatic rings. The van der Waals surface area contributed by atoms with E-state index in [4.69, 9.17) is 9.84 Å². The lowest BCUT2D eigenvalue weighted by Gasteiger charge is -2.21. The Morgan fingerprint density at radius 2 is 2.07 bits per heavy atom. The quantitative estimate of drug-likeness (QED) is 0.494. The lowest BCUT2D eigenvalue weighted by Crippen LogP contribution is -2.17. The second-order valence-corrected chi connectivity index (χ2v) is 7.62. The van der Waals surface area contributed by atoms with E-state index in [2.05, 4.69) is 30.4 Å². The first-order chi connectivity index (χ1) is 13.1. The second kappa shape index (κ2) is 12.6. The summed E-state index contributed by atoms with van der Waals surface area (Å²) in [5.41, 5.74) is 2.36. The molecule has 0 atom stereocenters. The molecule has 0 aliphatic heterocycles. The first-order valence-electron chi connectivity index (χ1n) is 10.5. The molecule has 150 valence electrons. The van der Waals surface area contributed by atoms with Gasteiger partial charge in [0.2, 0.25) is 0 Å². The number of aliphatic carboxylic acids is 1. The molecule has 0 bridgehead atoms. The van der Waals surface area contributed by atoms with Gasteiger partial charge in [-0.15, -0.1) is 0 Å². The van der Waals surface area contributed by atoms with E-state index < -0.39 is 5.97 Å². The molecule has 0 unspecified atom stereocenters. The van der Waals surface area contributed by atoms with E-state index in [0.717, 1.165) is 24.7 Å². The number of unbranched alkanes of at least 4 members (excludes halogenated alkanes) is 1. The Kier molecular flexibility index (Phi) is 9.99. The molecule has 0 spiro atoms. The van der Waals surface area contributed by atoms with Crippen molar-refractivity contribution >= 4 is 12.0 Å². The zero-order valence-electron chi connectivity index (χ0n) is 16.7. The van der Waals surface area contributed by atoms with Crippen LogP contribution in [0.2, 0.25) is 0 Å². The van der Waals surface area contributed by atoms with Crippen LogP contribution in [0.25, 0.3) is 6.08 Å². The summed E-state index contributed by atoms with van der Waals surface area (Å²) in [6.07, 6.45) is 15.2. The van der Waals surface area contributed by atoms with E-state index in [1.807, 2.05) is 12.1 Å². The molecule has 1 fully saturated rings. The molecule has 0 amide bonds. The molecule has 4 heteroatoms. The van der Waals surface area contributed by atoms with Crippen LogP contribution in [-0.4, -0.2) is 30.8 Å². The first kappa shape index (κ1) is 21.5. The van der Waals surface area contributed by atoms with E-state index >= 15 is 0 Å². The van der Waals surface area contributed by atoms with E-state index in [0.29, 0.717) is 13.1 Å². The van der Waals surface area contributed by atoms with Crippen molar-refractivity contribution in [3.8, 4) is 5.75 Å². The van der Waals surface area contributed by atoms with Crippen molar-refractivity contribution in [3.05, 3.63) is 35.4 Å². The number of carbonyl (C=O) groups is 1. The fraction of sp³-hybridized carbons (Fsp3) is 0.609. The van der Waals surface area contributed by atoms with Gasteiger partial charge < -0.3 is 15.2 Å². The maximum absolute atomic E-state index is 10.4. The molecule has 1 aromatic carbocycles. The van der Waals surface area contributed by atoms with Gasteiger partial charge in [-0.05, 0) is 48.9 Å². The molecule has 0 aromatic heterocycles. The predicted octanol–water partition coefficient (Wildman–Crippen LogP) is 5.20. The number of nitrogens with one attached hydrogen (secondary N) is 1. The van der Waals surface area contributed by atoms with Crippen LogP contribution >= 0.6 is 0 Å². The van der Waals surface area contributed by atoms with Gasteiger partial charge in [0.05, 0.1) is 13.0 Å². The van der Waals surface area contributed by atoms with Gasteiger partial charge >= 0.3 is 5.97 Å². The fourth-order valence-electron chi connectivity index (χ4n) is 3.69. The third-order valence-corrected chi connectivity index (χ3v) is 5.32. The minimum atomic E-state index is -0.771. The van der Waals surface area contributed by atoms with Crippen molar-refractivity contribution in [3.63, 3.8) is 0 Å². The number of benzene rings is 1. The van der Waals surface area contributed by atoms with Crippen molar-refractivity contribution in [2.75, 3.05) is 19.7 Å². The number of carboxylic acids is 1. The van der Waals surface area contributed by atoms with Gasteiger partial charge in [-0.25, -0.2) is 0 Å². The van der Waals surface area contributed by atoms with E-state index in [-0.39, 0.29) is 6.42 Å². The Hall–Kier alpha value is -1.81. The van der Waals surface area contributed by atoms with Gasteiger partial charge in [0.15, 0.2) is 0 Å². The van der Waals surface area contributed by atoms with E-state index in [1.165, 1.54) is 56.1 Å². The topological polar surface area (TPSA) is 58.6 Å². The van der Waals surface area contributed by atoms with Crippen molar-refractivity contribution < 1.29 is 14.6 Å². The van der Waals surface area contributed by atoms with Crippen LogP contribution in [0.4, 0.5) is 0 Å². The molecule has 1 aromatic rings. The Balaban J connectivity index is 1.62. The molecule has 2 rings (SSSR count). The molecule has 0 radical (unpaired) electrons. The zero-order chi connectivity index (χ0) is 19.3. The number of aryl methyl sites for hydroxylation is 1. The third-order valence-electron chi connectivity index (χ3n) is 5.32. The second-order valence-electron chi connectivity index (χ2n) is 7.62. The van der Waals surface area contributed by atoms with Gasteiger partial charge in [0.1, 0.15) is 5.75 Å². The number of hydrogen-bond acceptors (Lipinski definition) is 3. The lowest BCUT2D eigenvalue weighted by atomic mass is 9.86. The van der Waals surface area contributed by atoms with Crippen molar-refractivity contribution in [2.45, 2.75) is 64.7 Å². The molecule has 4 nitrogen and oxygen atoms in total. The van der Waals surface area contributed by atoms with Crippen molar-refractivity contribution in [2.24, 2.45) is 5.92 Å². The van der Waals surface area contributed by atoms with Crippen molar-refractivity contribution in [1.29, 1.82) is 0 Å². The molecule has 1 saturated carbocycles. The minimum absolute atomic E-state index is 0.152. The number of carboxylic acid groups (broad SMARTS) is 1. The Morgan fingerprint density at radius 1 is 1.26 bits per heavy atom. The van der Waals surface area contributed by atoms with Crippen LogP contribution in [0.1, 0.15) is 68.9 Å². The van der Waals surface area contributed by atoms with Crippen LogP contribution in [0.3, 0.4) is 0 Å². The van der Waals surface area contributed by atoms with Gasteiger partial charge in [-0.2, -0.15) is 0 Å². The average molecular weight is 374 g/mol. The predicted molar refractivity (Wildman–Crippen MR) is 111 cm³/mol. The highest BCUT2D eigenvalue weighted by Gasteiger charge is 2.12. The molecule has 0 saturated heterocycles. The molecular formula is C23H35NO3. The SMILES string of the molecule is Cc1cc(OCCCCC2CCCCC2)ccc1C=CCNCCC(=O)O. The molecule has 27 heavy (non-hydrogen) atoms. The summed E-state index contributed by atoms with van der Waals surface area (Å²) in [6, 6.07) is 6.21. The Morgan fingerprint density at radius 3 is 2.81 bits per heavy atom. The Bertz CT molecular complexity index is 591. The molecule has 1 aliphatic carbocycles. The summed E-state index contributed by atoms with van der Waals surface area (Å²) < 4.78 is 5.92. The number of hydrogen-bond donors (Lipinski definition) is 2. The minimum Gasteiger partial charge on any atom is -0.494 e. The summed E-state index contributed by atoms with van der Waals surface area (Å²) in [4.78, 5) is 10.4. The van der Waals surface area contributed by atoms with Gasteiger partial charge in [-0.3, -0.25) is 4.79 Å². The fourth-order valence-corrected chi connectivity index (χ4v) is 3.69. The highest BCUT2D eigenvalue weighted by Crippen LogP contribution is 2.27. The summed E-state index contributed by atoms with van der Waals surface area (Å²) in [6.45, 7) is 4.06. The zero-order valence-corrected chi connectivity index (χ0v) is 16.7. The third kappa shape index (κ3) is 9.09. The van der Waals surface area contributed by atoms with Crippen LogP contribution in [0, 0.1) is 12.8 Å². The molecular weight excluding hydrogens is 338 g/mol. The van der Waals surface area contributed by atoms with E-state index in [9.17, 15) is 4.79 Å². The maximum atomic E-state index is 10.4.